The molecule has 170 valence electrons. The molecule has 2 heterocycles. The second-order valence-electron chi connectivity index (χ2n) is 7.38. The van der Waals surface area contributed by atoms with Crippen LogP contribution in [0.1, 0.15) is 35.7 Å². The van der Waals surface area contributed by atoms with E-state index in [1.807, 2.05) is 13.0 Å². The number of hydrogen-bond acceptors (Lipinski definition) is 6. The Morgan fingerprint density at radius 2 is 1.76 bits per heavy atom. The fraction of sp³-hybridized carbons (Fsp3) is 0.261. The summed E-state index contributed by atoms with van der Waals surface area (Å²) in [6.45, 7) is 3.68. The van der Waals surface area contributed by atoms with E-state index in [9.17, 15) is 19.2 Å². The first-order valence-electron chi connectivity index (χ1n) is 10.3. The van der Waals surface area contributed by atoms with Crippen molar-refractivity contribution >= 4 is 62.5 Å². The van der Waals surface area contributed by atoms with E-state index in [4.69, 9.17) is 16.3 Å². The van der Waals surface area contributed by atoms with Crippen molar-refractivity contribution < 1.29 is 23.9 Å². The van der Waals surface area contributed by atoms with Gasteiger partial charge >= 0.3 is 5.97 Å². The summed E-state index contributed by atoms with van der Waals surface area (Å²) in [6.07, 6.45) is 0.370. The van der Waals surface area contributed by atoms with E-state index in [2.05, 4.69) is 4.99 Å². The number of carbonyl (C=O) groups excluding carboxylic acids is 4. The first-order valence-corrected chi connectivity index (χ1v) is 11.5. The highest BCUT2D eigenvalue weighted by Gasteiger charge is 2.30. The SMILES string of the molecule is CCOC(=O)Cn1c(=NC(=O)c2ccc(N3C(=O)CCC3=O)cc2)sc2ccc(Cl)c(C)c21. The van der Waals surface area contributed by atoms with Crippen molar-refractivity contribution in [1.82, 2.24) is 4.57 Å². The van der Waals surface area contributed by atoms with E-state index < -0.39 is 11.9 Å². The van der Waals surface area contributed by atoms with Crippen LogP contribution in [0.15, 0.2) is 41.4 Å². The number of rotatable bonds is 5. The summed E-state index contributed by atoms with van der Waals surface area (Å²) in [5, 5.41) is 0.539. The fourth-order valence-corrected chi connectivity index (χ4v) is 4.89. The van der Waals surface area contributed by atoms with Crippen LogP contribution in [0.25, 0.3) is 10.2 Å². The van der Waals surface area contributed by atoms with Gasteiger partial charge in [-0.25, -0.2) is 0 Å². The number of anilines is 1. The average molecular weight is 486 g/mol. The standard InChI is InChI=1S/C23H20ClN3O5S/c1-3-32-20(30)12-26-21-13(2)16(24)8-9-17(21)33-23(26)25-22(31)14-4-6-15(7-5-14)27-18(28)10-11-19(27)29/h4-9H,3,10-12H2,1-2H3. The van der Waals surface area contributed by atoms with E-state index in [0.717, 1.165) is 15.2 Å². The van der Waals surface area contributed by atoms with E-state index in [0.29, 0.717) is 21.0 Å². The van der Waals surface area contributed by atoms with Gasteiger partial charge in [0.1, 0.15) is 6.54 Å². The zero-order chi connectivity index (χ0) is 23.7. The number of hydrogen-bond donors (Lipinski definition) is 0. The van der Waals surface area contributed by atoms with Gasteiger partial charge < -0.3 is 9.30 Å². The first kappa shape index (κ1) is 22.9. The van der Waals surface area contributed by atoms with Gasteiger partial charge in [-0.15, -0.1) is 0 Å². The van der Waals surface area contributed by atoms with Gasteiger partial charge in [0.2, 0.25) is 11.8 Å². The van der Waals surface area contributed by atoms with Gasteiger partial charge in [-0.3, -0.25) is 24.1 Å². The maximum Gasteiger partial charge on any atom is 0.326 e. The number of ether oxygens (including phenoxy) is 1. The van der Waals surface area contributed by atoms with Crippen molar-refractivity contribution in [2.45, 2.75) is 33.2 Å². The molecule has 0 atom stereocenters. The zero-order valence-corrected chi connectivity index (χ0v) is 19.5. The minimum atomic E-state index is -0.520. The number of imide groups is 1. The lowest BCUT2D eigenvalue weighted by molar-refractivity contribution is -0.143. The third kappa shape index (κ3) is 4.46. The van der Waals surface area contributed by atoms with Crippen LogP contribution >= 0.6 is 22.9 Å². The summed E-state index contributed by atoms with van der Waals surface area (Å²) in [6, 6.07) is 9.71. The summed E-state index contributed by atoms with van der Waals surface area (Å²) >= 11 is 7.55. The van der Waals surface area contributed by atoms with E-state index in [1.165, 1.54) is 23.5 Å². The molecule has 1 fully saturated rings. The summed E-state index contributed by atoms with van der Waals surface area (Å²) < 4.78 is 7.54. The molecule has 33 heavy (non-hydrogen) atoms. The molecule has 0 aliphatic carbocycles. The highest BCUT2D eigenvalue weighted by atomic mass is 35.5. The fourth-order valence-electron chi connectivity index (χ4n) is 3.65. The lowest BCUT2D eigenvalue weighted by Crippen LogP contribution is -2.28. The van der Waals surface area contributed by atoms with E-state index in [-0.39, 0.29) is 43.4 Å². The van der Waals surface area contributed by atoms with Crippen LogP contribution in [0, 0.1) is 6.92 Å². The molecule has 0 N–H and O–H groups in total. The van der Waals surface area contributed by atoms with Crippen LogP contribution in [-0.2, 0) is 25.7 Å². The molecule has 0 unspecified atom stereocenters. The van der Waals surface area contributed by atoms with Crippen LogP contribution in [0.4, 0.5) is 5.69 Å². The number of nitrogens with zero attached hydrogens (tertiary/aromatic N) is 3. The lowest BCUT2D eigenvalue weighted by atomic mass is 10.2. The van der Waals surface area contributed by atoms with Crippen LogP contribution in [0.3, 0.4) is 0 Å². The number of fused-ring (bicyclic) bond motifs is 1. The third-order valence-corrected chi connectivity index (χ3v) is 6.70. The van der Waals surface area contributed by atoms with Gasteiger partial charge in [-0.1, -0.05) is 22.9 Å². The molecular formula is C23H20ClN3O5S. The lowest BCUT2D eigenvalue weighted by Gasteiger charge is -2.13. The molecule has 1 saturated heterocycles. The van der Waals surface area contributed by atoms with Crippen molar-refractivity contribution in [1.29, 1.82) is 0 Å². The van der Waals surface area contributed by atoms with E-state index in [1.54, 1.807) is 29.7 Å². The highest BCUT2D eigenvalue weighted by molar-refractivity contribution is 7.16. The summed E-state index contributed by atoms with van der Waals surface area (Å²) in [5.41, 5.74) is 2.19. The Bertz CT molecular complexity index is 1340. The van der Waals surface area contributed by atoms with Crippen molar-refractivity contribution in [2.75, 3.05) is 11.5 Å². The quantitative estimate of drug-likeness (QED) is 0.406. The topological polar surface area (TPSA) is 98.0 Å². The molecule has 1 aromatic heterocycles. The Hall–Kier alpha value is -3.30. The number of aromatic nitrogens is 1. The number of esters is 1. The molecule has 3 amide bonds. The molecule has 1 aliphatic heterocycles. The summed E-state index contributed by atoms with van der Waals surface area (Å²) in [4.78, 5) is 54.7. The maximum absolute atomic E-state index is 12.9. The summed E-state index contributed by atoms with van der Waals surface area (Å²) in [5.74, 6) is -1.49. The average Bonchev–Trinajstić information content (AvgIpc) is 3.30. The minimum absolute atomic E-state index is 0.112. The number of carbonyl (C=O) groups is 4. The Kier molecular flexibility index (Phi) is 6.44. The second kappa shape index (κ2) is 9.29. The predicted molar refractivity (Wildman–Crippen MR) is 124 cm³/mol. The third-order valence-electron chi connectivity index (χ3n) is 5.24. The zero-order valence-electron chi connectivity index (χ0n) is 18.0. The first-order chi connectivity index (χ1) is 15.8. The molecule has 3 aromatic rings. The molecule has 0 spiro atoms. The van der Waals surface area contributed by atoms with Gasteiger partial charge in [0.25, 0.3) is 5.91 Å². The highest BCUT2D eigenvalue weighted by Crippen LogP contribution is 2.27. The number of amides is 3. The molecule has 0 radical (unpaired) electrons. The molecule has 0 saturated carbocycles. The number of benzene rings is 2. The Morgan fingerprint density at radius 1 is 1.09 bits per heavy atom. The molecule has 10 heteroatoms. The molecule has 0 bridgehead atoms. The van der Waals surface area contributed by atoms with Crippen molar-refractivity contribution in [3.63, 3.8) is 0 Å². The Labute approximate surface area is 198 Å². The number of thiazole rings is 1. The summed E-state index contributed by atoms with van der Waals surface area (Å²) in [7, 11) is 0. The van der Waals surface area contributed by atoms with Gasteiger partial charge in [-0.05, 0) is 55.8 Å². The Balaban J connectivity index is 1.73. The van der Waals surface area contributed by atoms with E-state index >= 15 is 0 Å². The number of halogens is 1. The van der Waals surface area contributed by atoms with Crippen LogP contribution in [0.5, 0.6) is 0 Å². The molecule has 1 aliphatic rings. The smallest absolute Gasteiger partial charge is 0.326 e. The second-order valence-corrected chi connectivity index (χ2v) is 8.80. The van der Waals surface area contributed by atoms with Crippen molar-refractivity contribution in [2.24, 2.45) is 4.99 Å². The van der Waals surface area contributed by atoms with Gasteiger partial charge in [0, 0.05) is 23.4 Å². The molecule has 4 rings (SSSR count). The van der Waals surface area contributed by atoms with Crippen molar-refractivity contribution in [3.8, 4) is 0 Å². The van der Waals surface area contributed by atoms with Gasteiger partial charge in [-0.2, -0.15) is 4.99 Å². The minimum Gasteiger partial charge on any atom is -0.465 e. The monoisotopic (exact) mass is 485 g/mol. The van der Waals surface area contributed by atoms with Crippen LogP contribution < -0.4 is 9.70 Å². The normalized spacial score (nSPS) is 14.4. The molecular weight excluding hydrogens is 466 g/mol. The number of aryl methyl sites for hydroxylation is 1. The van der Waals surface area contributed by atoms with Gasteiger partial charge in [0.15, 0.2) is 4.80 Å². The Morgan fingerprint density at radius 3 is 2.39 bits per heavy atom. The predicted octanol–water partition coefficient (Wildman–Crippen LogP) is 3.62. The van der Waals surface area contributed by atoms with Crippen LogP contribution in [0.2, 0.25) is 5.02 Å². The van der Waals surface area contributed by atoms with Gasteiger partial charge in [0.05, 0.1) is 22.5 Å². The largest absolute Gasteiger partial charge is 0.465 e. The maximum atomic E-state index is 12.9. The molecule has 8 nitrogen and oxygen atoms in total. The van der Waals surface area contributed by atoms with Crippen LogP contribution in [-0.4, -0.2) is 34.9 Å². The van der Waals surface area contributed by atoms with Crippen molar-refractivity contribution in [3.05, 3.63) is 57.3 Å². The molecule has 2 aromatic carbocycles.